The number of benzene rings is 3. The number of nitrogens with one attached hydrogen (secondary N) is 1. The van der Waals surface area contributed by atoms with E-state index < -0.39 is 23.6 Å². The molecule has 6 heteroatoms. The van der Waals surface area contributed by atoms with E-state index in [1.165, 1.54) is 0 Å². The second-order valence-corrected chi connectivity index (χ2v) is 6.75. The molecule has 3 aromatic carbocycles. The molecule has 0 aliphatic heterocycles. The molecule has 3 rings (SSSR count). The second kappa shape index (κ2) is 8.35. The van der Waals surface area contributed by atoms with E-state index in [0.717, 1.165) is 40.3 Å². The van der Waals surface area contributed by atoms with Crippen molar-refractivity contribution in [3.8, 4) is 5.75 Å². The number of likely N-dealkylation sites (N-methyl/N-ethyl adjacent to an activating group) is 1. The van der Waals surface area contributed by atoms with Gasteiger partial charge in [-0.1, -0.05) is 18.2 Å². The Hall–Kier alpha value is -2.99. The maximum absolute atomic E-state index is 13.7. The molecule has 0 spiro atoms. The number of carbonyl (C=O) groups excluding carboxylic acids is 1. The van der Waals surface area contributed by atoms with E-state index in [-0.39, 0.29) is 5.69 Å². The van der Waals surface area contributed by atoms with Crippen LogP contribution in [-0.4, -0.2) is 31.0 Å². The van der Waals surface area contributed by atoms with Crippen LogP contribution >= 0.6 is 0 Å². The topological polar surface area (TPSA) is 41.6 Å². The summed E-state index contributed by atoms with van der Waals surface area (Å²) in [5, 5.41) is 4.59. The van der Waals surface area contributed by atoms with Crippen molar-refractivity contribution in [2.24, 2.45) is 0 Å². The van der Waals surface area contributed by atoms with Crippen molar-refractivity contribution in [2.45, 2.75) is 19.5 Å². The molecule has 0 bridgehead atoms. The van der Waals surface area contributed by atoms with Gasteiger partial charge in [-0.05, 0) is 60.6 Å². The summed E-state index contributed by atoms with van der Waals surface area (Å²) < 4.78 is 32.3. The Morgan fingerprint density at radius 3 is 2.54 bits per heavy atom. The third-order valence-electron chi connectivity index (χ3n) is 4.77. The van der Waals surface area contributed by atoms with Gasteiger partial charge in [0.1, 0.15) is 17.4 Å². The molecular weight excluding hydrogens is 362 g/mol. The molecule has 1 atom stereocenters. The van der Waals surface area contributed by atoms with Crippen LogP contribution in [0.3, 0.4) is 0 Å². The van der Waals surface area contributed by atoms with Gasteiger partial charge in [0.2, 0.25) is 5.91 Å². The molecule has 0 aliphatic rings. The molecule has 1 N–H and O–H groups in total. The number of rotatable bonds is 6. The van der Waals surface area contributed by atoms with Gasteiger partial charge in [-0.3, -0.25) is 9.69 Å². The highest BCUT2D eigenvalue weighted by Crippen LogP contribution is 2.23. The molecule has 0 saturated carbocycles. The van der Waals surface area contributed by atoms with Gasteiger partial charge in [0, 0.05) is 12.6 Å². The van der Waals surface area contributed by atoms with Crippen molar-refractivity contribution in [3.05, 3.63) is 71.8 Å². The van der Waals surface area contributed by atoms with Gasteiger partial charge in [-0.2, -0.15) is 0 Å². The Kier molecular flexibility index (Phi) is 5.90. The Bertz CT molecular complexity index is 1010. The van der Waals surface area contributed by atoms with E-state index in [4.69, 9.17) is 4.74 Å². The summed E-state index contributed by atoms with van der Waals surface area (Å²) in [6, 6.07) is 14.4. The average molecular weight is 384 g/mol. The maximum atomic E-state index is 13.7. The third-order valence-corrected chi connectivity index (χ3v) is 4.77. The van der Waals surface area contributed by atoms with Crippen LogP contribution in [0.5, 0.6) is 5.75 Å². The van der Waals surface area contributed by atoms with Crippen molar-refractivity contribution < 1.29 is 18.3 Å². The Labute approximate surface area is 162 Å². The predicted molar refractivity (Wildman–Crippen MR) is 106 cm³/mol. The lowest BCUT2D eigenvalue weighted by atomic mass is 10.1. The van der Waals surface area contributed by atoms with Gasteiger partial charge in [0.05, 0.1) is 18.8 Å². The monoisotopic (exact) mass is 384 g/mol. The van der Waals surface area contributed by atoms with Crippen LogP contribution in [0, 0.1) is 11.6 Å². The molecule has 0 heterocycles. The fraction of sp³-hybridized carbons (Fsp3) is 0.227. The van der Waals surface area contributed by atoms with Crippen LogP contribution in [-0.2, 0) is 11.3 Å². The predicted octanol–water partition coefficient (Wildman–Crippen LogP) is 4.59. The van der Waals surface area contributed by atoms with Crippen LogP contribution < -0.4 is 10.1 Å². The highest BCUT2D eigenvalue weighted by molar-refractivity contribution is 5.94. The fourth-order valence-corrected chi connectivity index (χ4v) is 2.95. The minimum Gasteiger partial charge on any atom is -0.497 e. The second-order valence-electron chi connectivity index (χ2n) is 6.75. The lowest BCUT2D eigenvalue weighted by molar-refractivity contribution is -0.120. The first-order valence-corrected chi connectivity index (χ1v) is 8.90. The number of nitrogens with zero attached hydrogens (tertiary/aromatic N) is 1. The van der Waals surface area contributed by atoms with Crippen molar-refractivity contribution >= 4 is 22.4 Å². The lowest BCUT2D eigenvalue weighted by Crippen LogP contribution is -2.39. The summed E-state index contributed by atoms with van der Waals surface area (Å²) in [5.74, 6) is -0.884. The molecule has 0 fully saturated rings. The lowest BCUT2D eigenvalue weighted by Gasteiger charge is -2.24. The van der Waals surface area contributed by atoms with Gasteiger partial charge in [-0.15, -0.1) is 0 Å². The van der Waals surface area contributed by atoms with Gasteiger partial charge < -0.3 is 10.1 Å². The van der Waals surface area contributed by atoms with Gasteiger partial charge in [0.15, 0.2) is 0 Å². The largest absolute Gasteiger partial charge is 0.497 e. The molecule has 28 heavy (non-hydrogen) atoms. The highest BCUT2D eigenvalue weighted by Gasteiger charge is 2.20. The smallest absolute Gasteiger partial charge is 0.241 e. The Balaban J connectivity index is 1.69. The molecule has 1 unspecified atom stereocenters. The van der Waals surface area contributed by atoms with Gasteiger partial charge >= 0.3 is 0 Å². The third kappa shape index (κ3) is 4.46. The summed E-state index contributed by atoms with van der Waals surface area (Å²) in [6.45, 7) is 2.25. The number of methoxy groups -OCH3 is 1. The molecule has 0 aromatic heterocycles. The zero-order chi connectivity index (χ0) is 20.3. The minimum absolute atomic E-state index is 0.162. The molecule has 3 aromatic rings. The number of carbonyl (C=O) groups is 1. The van der Waals surface area contributed by atoms with Crippen molar-refractivity contribution in [3.63, 3.8) is 0 Å². The Morgan fingerprint density at radius 2 is 1.79 bits per heavy atom. The normalized spacial score (nSPS) is 12.2. The maximum Gasteiger partial charge on any atom is 0.241 e. The summed E-state index contributed by atoms with van der Waals surface area (Å²) in [7, 11) is 3.44. The number of halogens is 2. The van der Waals surface area contributed by atoms with E-state index in [1.54, 1.807) is 14.0 Å². The van der Waals surface area contributed by atoms with Crippen molar-refractivity contribution in [1.82, 2.24) is 4.90 Å². The fourth-order valence-electron chi connectivity index (χ4n) is 2.95. The molecule has 0 radical (unpaired) electrons. The number of amides is 1. The summed E-state index contributed by atoms with van der Waals surface area (Å²) in [6.07, 6.45) is 0. The number of hydrogen-bond acceptors (Lipinski definition) is 3. The number of hydrogen-bond donors (Lipinski definition) is 1. The Morgan fingerprint density at radius 1 is 1.07 bits per heavy atom. The minimum atomic E-state index is -0.672. The SMILES string of the molecule is COc1ccc2cc(CN(C)C(C)C(=O)Nc3cc(F)ccc3F)ccc2c1. The average Bonchev–Trinajstić information content (AvgIpc) is 2.69. The zero-order valence-corrected chi connectivity index (χ0v) is 16.0. The summed E-state index contributed by atoms with van der Waals surface area (Å²) in [4.78, 5) is 14.3. The molecule has 146 valence electrons. The zero-order valence-electron chi connectivity index (χ0n) is 16.0. The van der Waals surface area contributed by atoms with Crippen molar-refractivity contribution in [2.75, 3.05) is 19.5 Å². The number of fused-ring (bicyclic) bond motifs is 1. The van der Waals surface area contributed by atoms with Crippen LogP contribution in [0.25, 0.3) is 10.8 Å². The molecule has 4 nitrogen and oxygen atoms in total. The highest BCUT2D eigenvalue weighted by atomic mass is 19.1. The van der Waals surface area contributed by atoms with Gasteiger partial charge in [-0.25, -0.2) is 8.78 Å². The standard InChI is InChI=1S/C22H22F2N2O2/c1-14(22(27)25-21-12-18(23)7-9-20(21)24)26(2)13-15-4-5-17-11-19(28-3)8-6-16(17)10-15/h4-12,14H,13H2,1-3H3,(H,25,27). The molecule has 0 saturated heterocycles. The van der Waals surface area contributed by atoms with E-state index in [0.29, 0.717) is 6.54 Å². The van der Waals surface area contributed by atoms with E-state index in [9.17, 15) is 13.6 Å². The number of anilines is 1. The first-order chi connectivity index (χ1) is 13.4. The quantitative estimate of drug-likeness (QED) is 0.676. The number of ether oxygens (including phenoxy) is 1. The van der Waals surface area contributed by atoms with E-state index in [2.05, 4.69) is 11.4 Å². The first-order valence-electron chi connectivity index (χ1n) is 8.90. The van der Waals surface area contributed by atoms with Crippen LogP contribution in [0.1, 0.15) is 12.5 Å². The van der Waals surface area contributed by atoms with Crippen LogP contribution in [0.15, 0.2) is 54.6 Å². The molecule has 1 amide bonds. The molecule has 0 aliphatic carbocycles. The van der Waals surface area contributed by atoms with Crippen LogP contribution in [0.2, 0.25) is 0 Å². The van der Waals surface area contributed by atoms with Crippen LogP contribution in [0.4, 0.5) is 14.5 Å². The van der Waals surface area contributed by atoms with Gasteiger partial charge in [0.25, 0.3) is 0 Å². The summed E-state index contributed by atoms with van der Waals surface area (Å²) in [5.41, 5.74) is 0.877. The summed E-state index contributed by atoms with van der Waals surface area (Å²) >= 11 is 0. The van der Waals surface area contributed by atoms with E-state index in [1.807, 2.05) is 42.3 Å². The molecular formula is C22H22F2N2O2. The first kappa shape index (κ1) is 19.8. The van der Waals surface area contributed by atoms with Crippen molar-refractivity contribution in [1.29, 1.82) is 0 Å². The van der Waals surface area contributed by atoms with E-state index >= 15 is 0 Å².